The van der Waals surface area contributed by atoms with E-state index in [1.165, 1.54) is 104 Å². The maximum Gasteiger partial charge on any atom is 0.254 e. The molecule has 0 N–H and O–H groups in total. The summed E-state index contributed by atoms with van der Waals surface area (Å²) in [5.74, 6) is 1.37. The van der Waals surface area contributed by atoms with E-state index in [2.05, 4.69) is 253 Å². The van der Waals surface area contributed by atoms with Gasteiger partial charge < -0.3 is 14.5 Å². The lowest BCUT2D eigenvalue weighted by molar-refractivity contribution is -0.0176. The summed E-state index contributed by atoms with van der Waals surface area (Å²) in [5, 5.41) is 8.08. The van der Waals surface area contributed by atoms with Gasteiger partial charge in [-0.2, -0.15) is 0 Å². The van der Waals surface area contributed by atoms with Crippen molar-refractivity contribution in [3.05, 3.63) is 205 Å². The van der Waals surface area contributed by atoms with Crippen LogP contribution in [-0.4, -0.2) is 20.9 Å². The molecule has 6 heteroatoms. The lowest BCUT2D eigenvalue weighted by Gasteiger charge is -2.48. The van der Waals surface area contributed by atoms with Crippen molar-refractivity contribution in [1.82, 2.24) is 0 Å². The summed E-state index contributed by atoms with van der Waals surface area (Å²) in [6.07, 6.45) is 2.46. The Kier molecular flexibility index (Phi) is 9.97. The molecular weight excluding hydrogens is 896 g/mol. The van der Waals surface area contributed by atoms with E-state index in [1.807, 2.05) is 11.3 Å². The van der Waals surface area contributed by atoms with Crippen LogP contribution in [0.1, 0.15) is 83.9 Å². The first-order valence-electron chi connectivity index (χ1n) is 25.7. The summed E-state index contributed by atoms with van der Waals surface area (Å²) in [4.78, 5) is 5.26. The SMILES string of the molecule is Cc1cc2c3c(c1)N(c1cccc([Si](c4ccccc4)(c4ccccc4)c4ccccc4)c1)c1sc4ccccc4c1B3c1cc3c(cc1N2c1ccc(C(C)(C)C)cc1)C1C(O3)C(C)(C)CCC1(C)C. The smallest absolute Gasteiger partial charge is 0.254 e. The third-order valence-electron chi connectivity index (χ3n) is 16.9. The Morgan fingerprint density at radius 3 is 1.77 bits per heavy atom. The third-order valence-corrected chi connectivity index (χ3v) is 22.9. The molecule has 0 amide bonds. The highest BCUT2D eigenvalue weighted by atomic mass is 32.1. The molecule has 2 atom stereocenters. The van der Waals surface area contributed by atoms with Gasteiger partial charge in [0.05, 0.1) is 5.00 Å². The van der Waals surface area contributed by atoms with E-state index in [9.17, 15) is 0 Å². The summed E-state index contributed by atoms with van der Waals surface area (Å²) in [6, 6.07) is 72.2. The monoisotopic (exact) mass is 956 g/mol. The zero-order valence-electron chi connectivity index (χ0n) is 42.3. The van der Waals surface area contributed by atoms with E-state index >= 15 is 0 Å². The molecule has 3 aliphatic heterocycles. The van der Waals surface area contributed by atoms with Crippen LogP contribution >= 0.6 is 11.3 Å². The van der Waals surface area contributed by atoms with Crippen molar-refractivity contribution in [3.63, 3.8) is 0 Å². The minimum atomic E-state index is -2.85. The number of benzene rings is 8. The van der Waals surface area contributed by atoms with Gasteiger partial charge in [-0.3, -0.25) is 0 Å². The molecule has 9 aromatic rings. The Morgan fingerprint density at radius 1 is 0.563 bits per heavy atom. The van der Waals surface area contributed by atoms with E-state index in [4.69, 9.17) is 4.74 Å². The standard InChI is InChI=1S/C65H61BN2OSSi/c1-42-37-54-60-55(38-42)68(45-21-20-28-49(39-45)71(46-22-12-9-13-23-46,47-24-14-10-15-25-47)48-26-16-11-17-27-48)62-59(50-29-18-19-30-57(50)70-62)66(60)52-41-56-51(58-61(69-56)65(7,8)36-35-64(58,5)6)40-53(52)67(54)44-33-31-43(32-34-44)63(2,3)4/h9-34,37-41,58,61H,35-36H2,1-8H3. The summed E-state index contributed by atoms with van der Waals surface area (Å²) in [7, 11) is -2.85. The van der Waals surface area contributed by atoms with Gasteiger partial charge in [-0.15, -0.1) is 11.3 Å². The molecule has 0 bridgehead atoms. The first-order valence-corrected chi connectivity index (χ1v) is 28.5. The van der Waals surface area contributed by atoms with Gasteiger partial charge in [-0.05, 0) is 139 Å². The fourth-order valence-corrected chi connectivity index (χ4v) is 19.4. The zero-order chi connectivity index (χ0) is 48.6. The Labute approximate surface area is 425 Å². The number of rotatable bonds is 6. The van der Waals surface area contributed by atoms with E-state index in [-0.39, 0.29) is 29.1 Å². The molecule has 1 fully saturated rings. The fourth-order valence-electron chi connectivity index (χ4n) is 13.3. The Balaban J connectivity index is 1.09. The molecule has 1 aromatic heterocycles. The number of nitrogens with zero attached hydrogens (tertiary/aromatic N) is 2. The van der Waals surface area contributed by atoms with Crippen LogP contribution in [0.4, 0.5) is 33.4 Å². The van der Waals surface area contributed by atoms with Crippen LogP contribution < -0.4 is 51.7 Å². The van der Waals surface area contributed by atoms with Gasteiger partial charge in [0.2, 0.25) is 0 Å². The Hall–Kier alpha value is -6.60. The lowest BCUT2D eigenvalue weighted by Crippen LogP contribution is -2.74. The van der Waals surface area contributed by atoms with Crippen molar-refractivity contribution in [1.29, 1.82) is 0 Å². The van der Waals surface area contributed by atoms with Crippen LogP contribution in [0.15, 0.2) is 188 Å². The fraction of sp³-hybridized carbons (Fsp3) is 0.231. The predicted octanol–water partition coefficient (Wildman–Crippen LogP) is 12.7. The second-order valence-electron chi connectivity index (χ2n) is 23.3. The molecule has 8 aromatic carbocycles. The van der Waals surface area contributed by atoms with Crippen molar-refractivity contribution in [2.24, 2.45) is 10.8 Å². The summed E-state index contributed by atoms with van der Waals surface area (Å²) in [5.41, 5.74) is 14.3. The molecule has 3 nitrogen and oxygen atoms in total. The maximum atomic E-state index is 7.35. The summed E-state index contributed by atoms with van der Waals surface area (Å²) in [6.45, 7) is 19.0. The molecule has 71 heavy (non-hydrogen) atoms. The number of thiophene rings is 1. The average molecular weight is 957 g/mol. The van der Waals surface area contributed by atoms with Crippen LogP contribution in [0.2, 0.25) is 0 Å². The number of ether oxygens (including phenoxy) is 1. The van der Waals surface area contributed by atoms with E-state index in [1.54, 1.807) is 0 Å². The highest BCUT2D eigenvalue weighted by Gasteiger charge is 2.55. The van der Waals surface area contributed by atoms with Gasteiger partial charge in [-0.1, -0.05) is 182 Å². The number of hydrogen-bond acceptors (Lipinski definition) is 4. The highest BCUT2D eigenvalue weighted by molar-refractivity contribution is 7.26. The van der Waals surface area contributed by atoms with Gasteiger partial charge in [0.15, 0.2) is 8.07 Å². The van der Waals surface area contributed by atoms with Crippen molar-refractivity contribution >= 4 is 107 Å². The van der Waals surface area contributed by atoms with Crippen molar-refractivity contribution in [3.8, 4) is 5.75 Å². The van der Waals surface area contributed by atoms with Crippen molar-refractivity contribution in [2.75, 3.05) is 9.80 Å². The zero-order valence-corrected chi connectivity index (χ0v) is 44.1. The quantitative estimate of drug-likeness (QED) is 0.122. The van der Waals surface area contributed by atoms with Gasteiger partial charge >= 0.3 is 0 Å². The Bertz CT molecular complexity index is 3450. The average Bonchev–Trinajstić information content (AvgIpc) is 3.97. The maximum absolute atomic E-state index is 7.35. The van der Waals surface area contributed by atoms with Crippen molar-refractivity contribution < 1.29 is 4.74 Å². The molecule has 2 unspecified atom stereocenters. The normalized spacial score (nSPS) is 18.3. The predicted molar refractivity (Wildman–Crippen MR) is 307 cm³/mol. The largest absolute Gasteiger partial charge is 0.489 e. The van der Waals surface area contributed by atoms with E-state index < -0.39 is 8.07 Å². The number of fused-ring (bicyclic) bond motifs is 9. The van der Waals surface area contributed by atoms with Crippen LogP contribution in [0.5, 0.6) is 5.75 Å². The summed E-state index contributed by atoms with van der Waals surface area (Å²) < 4.78 is 8.66. The van der Waals surface area contributed by atoms with Gasteiger partial charge in [0.1, 0.15) is 11.9 Å². The third kappa shape index (κ3) is 6.66. The van der Waals surface area contributed by atoms with Crippen LogP contribution in [0.3, 0.4) is 0 Å². The molecule has 0 spiro atoms. The highest BCUT2D eigenvalue weighted by Crippen LogP contribution is 2.61. The van der Waals surface area contributed by atoms with Crippen LogP contribution in [0.25, 0.3) is 10.1 Å². The molecule has 1 aliphatic carbocycles. The second-order valence-corrected chi connectivity index (χ2v) is 28.1. The van der Waals surface area contributed by atoms with E-state index in [0.717, 1.165) is 12.2 Å². The first-order chi connectivity index (χ1) is 34.2. The Morgan fingerprint density at radius 2 is 1.14 bits per heavy atom. The molecule has 4 aliphatic rings. The molecule has 1 saturated carbocycles. The number of anilines is 6. The minimum absolute atomic E-state index is 0.0183. The van der Waals surface area contributed by atoms with Gasteiger partial charge in [0, 0.05) is 50.0 Å². The molecule has 350 valence electrons. The topological polar surface area (TPSA) is 15.7 Å². The molecule has 13 rings (SSSR count). The minimum Gasteiger partial charge on any atom is -0.489 e. The van der Waals surface area contributed by atoms with E-state index in [0.29, 0.717) is 5.92 Å². The molecular formula is C65H61BN2OSSi. The van der Waals surface area contributed by atoms with Crippen LogP contribution in [-0.2, 0) is 5.41 Å². The van der Waals surface area contributed by atoms with Gasteiger partial charge in [-0.25, -0.2) is 0 Å². The molecule has 4 heterocycles. The molecule has 0 saturated heterocycles. The summed E-state index contributed by atoms with van der Waals surface area (Å²) >= 11 is 1.93. The molecule has 0 radical (unpaired) electrons. The second kappa shape index (κ2) is 16.0. The number of aryl methyl sites for hydroxylation is 1. The first kappa shape index (κ1) is 44.4. The van der Waals surface area contributed by atoms with Crippen molar-refractivity contribution in [2.45, 2.75) is 85.7 Å². The van der Waals surface area contributed by atoms with Crippen LogP contribution in [0, 0.1) is 17.8 Å². The number of hydrogen-bond donors (Lipinski definition) is 0. The van der Waals surface area contributed by atoms with Gasteiger partial charge in [0.25, 0.3) is 6.71 Å². The lowest BCUT2D eigenvalue weighted by atomic mass is 9.33.